The second kappa shape index (κ2) is 7.77. The topological polar surface area (TPSA) is 0 Å². The molecule has 21 heavy (non-hydrogen) atoms. The fourth-order valence-electron chi connectivity index (χ4n) is 3.62. The molecule has 0 heterocycles. The zero-order valence-electron chi connectivity index (χ0n) is 15.3. The standard InChI is InChI=1S/C20H35P/c1-8-14-19(4,5)21(20(6,7)15-9-2)16-18-12-10-17(3)11-13-18/h10-13H,8-9,14-16H2,1-7H3. The van der Waals surface area contributed by atoms with Crippen LogP contribution in [0.3, 0.4) is 0 Å². The highest BCUT2D eigenvalue weighted by molar-refractivity contribution is 7.60. The molecule has 0 fully saturated rings. The number of rotatable bonds is 8. The fourth-order valence-corrected chi connectivity index (χ4v) is 7.67. The van der Waals surface area contributed by atoms with Gasteiger partial charge in [-0.05, 0) is 41.8 Å². The summed E-state index contributed by atoms with van der Waals surface area (Å²) in [7, 11) is -0.0449. The van der Waals surface area contributed by atoms with Gasteiger partial charge in [-0.1, -0.05) is 92.1 Å². The van der Waals surface area contributed by atoms with Gasteiger partial charge in [-0.15, -0.1) is 0 Å². The largest absolute Gasteiger partial charge is 0.0906 e. The van der Waals surface area contributed by atoms with E-state index in [1.54, 1.807) is 0 Å². The van der Waals surface area contributed by atoms with Crippen molar-refractivity contribution in [2.24, 2.45) is 0 Å². The SMILES string of the molecule is CCCC(C)(C)P(Cc1ccc(C)cc1)C(C)(C)CCC. The summed E-state index contributed by atoms with van der Waals surface area (Å²) in [4.78, 5) is 0. The minimum Gasteiger partial charge on any atom is -0.0906 e. The van der Waals surface area contributed by atoms with Gasteiger partial charge in [-0.2, -0.15) is 0 Å². The zero-order chi connectivity index (χ0) is 16.1. The van der Waals surface area contributed by atoms with Gasteiger partial charge in [0.05, 0.1) is 0 Å². The molecule has 0 saturated heterocycles. The van der Waals surface area contributed by atoms with Crippen LogP contribution in [0.2, 0.25) is 0 Å². The van der Waals surface area contributed by atoms with Crippen molar-refractivity contribution in [2.45, 2.75) is 90.6 Å². The number of hydrogen-bond donors (Lipinski definition) is 0. The third kappa shape index (κ3) is 5.41. The summed E-state index contributed by atoms with van der Waals surface area (Å²) in [5, 5.41) is 0.932. The summed E-state index contributed by atoms with van der Waals surface area (Å²) in [6, 6.07) is 9.22. The highest BCUT2D eigenvalue weighted by atomic mass is 31.1. The molecule has 1 aromatic carbocycles. The molecular formula is C20H35P. The molecule has 1 aromatic rings. The molecule has 0 aromatic heterocycles. The van der Waals surface area contributed by atoms with Crippen LogP contribution in [0.4, 0.5) is 0 Å². The van der Waals surface area contributed by atoms with E-state index in [9.17, 15) is 0 Å². The molecule has 0 saturated carbocycles. The lowest BCUT2D eigenvalue weighted by atomic mass is 10.1. The van der Waals surface area contributed by atoms with Crippen molar-refractivity contribution in [2.75, 3.05) is 0 Å². The monoisotopic (exact) mass is 306 g/mol. The van der Waals surface area contributed by atoms with Crippen LogP contribution in [-0.2, 0) is 6.16 Å². The predicted molar refractivity (Wildman–Crippen MR) is 99.8 cm³/mol. The Balaban J connectivity index is 3.04. The summed E-state index contributed by atoms with van der Waals surface area (Å²) < 4.78 is 0. The van der Waals surface area contributed by atoms with E-state index < -0.39 is 0 Å². The first kappa shape index (κ1) is 18.7. The van der Waals surface area contributed by atoms with Crippen molar-refractivity contribution in [1.29, 1.82) is 0 Å². The van der Waals surface area contributed by atoms with E-state index in [2.05, 4.69) is 72.7 Å². The maximum absolute atomic E-state index is 2.51. The highest BCUT2D eigenvalue weighted by Gasteiger charge is 2.38. The van der Waals surface area contributed by atoms with Gasteiger partial charge in [-0.25, -0.2) is 0 Å². The van der Waals surface area contributed by atoms with Gasteiger partial charge in [0, 0.05) is 0 Å². The molecule has 0 N–H and O–H groups in total. The third-order valence-corrected chi connectivity index (χ3v) is 8.70. The zero-order valence-corrected chi connectivity index (χ0v) is 16.2. The molecule has 0 aliphatic heterocycles. The summed E-state index contributed by atoms with van der Waals surface area (Å²) in [5.41, 5.74) is 2.89. The molecular weight excluding hydrogens is 271 g/mol. The Hall–Kier alpha value is -0.350. The van der Waals surface area contributed by atoms with E-state index in [0.717, 1.165) is 0 Å². The van der Waals surface area contributed by atoms with Gasteiger partial charge in [0.15, 0.2) is 0 Å². The Morgan fingerprint density at radius 1 is 0.810 bits per heavy atom. The Morgan fingerprint density at radius 3 is 1.62 bits per heavy atom. The van der Waals surface area contributed by atoms with Crippen LogP contribution in [-0.4, -0.2) is 10.3 Å². The molecule has 0 unspecified atom stereocenters. The first-order valence-electron chi connectivity index (χ1n) is 8.56. The van der Waals surface area contributed by atoms with Gasteiger partial charge in [0.25, 0.3) is 0 Å². The van der Waals surface area contributed by atoms with Gasteiger partial charge in [-0.3, -0.25) is 0 Å². The summed E-state index contributed by atoms with van der Waals surface area (Å²) >= 11 is 0. The second-order valence-electron chi connectivity index (χ2n) is 7.70. The third-order valence-electron chi connectivity index (χ3n) is 4.65. The quantitative estimate of drug-likeness (QED) is 0.448. The average Bonchev–Trinajstić information content (AvgIpc) is 2.37. The van der Waals surface area contributed by atoms with E-state index >= 15 is 0 Å². The maximum atomic E-state index is 2.51. The van der Waals surface area contributed by atoms with E-state index in [1.807, 2.05) is 0 Å². The molecule has 0 nitrogen and oxygen atoms in total. The lowest BCUT2D eigenvalue weighted by Gasteiger charge is -2.46. The van der Waals surface area contributed by atoms with E-state index in [4.69, 9.17) is 0 Å². The maximum Gasteiger partial charge on any atom is -0.00635 e. The minimum absolute atomic E-state index is 0.0449. The van der Waals surface area contributed by atoms with Crippen molar-refractivity contribution in [3.8, 4) is 0 Å². The Morgan fingerprint density at radius 2 is 1.24 bits per heavy atom. The van der Waals surface area contributed by atoms with Gasteiger partial charge in [0.1, 0.15) is 0 Å². The van der Waals surface area contributed by atoms with Crippen LogP contribution < -0.4 is 0 Å². The minimum atomic E-state index is -0.0449. The van der Waals surface area contributed by atoms with E-state index in [0.29, 0.717) is 10.3 Å². The van der Waals surface area contributed by atoms with Gasteiger partial charge in [0.2, 0.25) is 0 Å². The summed E-state index contributed by atoms with van der Waals surface area (Å²) in [6.45, 7) is 16.9. The van der Waals surface area contributed by atoms with E-state index in [1.165, 1.54) is 43.0 Å². The van der Waals surface area contributed by atoms with Gasteiger partial charge >= 0.3 is 0 Å². The van der Waals surface area contributed by atoms with Crippen LogP contribution in [0.25, 0.3) is 0 Å². The van der Waals surface area contributed by atoms with Crippen molar-refractivity contribution in [3.05, 3.63) is 35.4 Å². The number of benzene rings is 1. The van der Waals surface area contributed by atoms with Crippen LogP contribution in [0.5, 0.6) is 0 Å². The summed E-state index contributed by atoms with van der Waals surface area (Å²) in [5.74, 6) is 0. The number of hydrogen-bond acceptors (Lipinski definition) is 0. The summed E-state index contributed by atoms with van der Waals surface area (Å²) in [6.07, 6.45) is 6.55. The smallest absolute Gasteiger partial charge is 0.00635 e. The van der Waals surface area contributed by atoms with Crippen LogP contribution in [0.1, 0.15) is 78.4 Å². The highest BCUT2D eigenvalue weighted by Crippen LogP contribution is 2.64. The predicted octanol–water partition coefficient (Wildman–Crippen LogP) is 7.13. The van der Waals surface area contributed by atoms with Crippen molar-refractivity contribution >= 4 is 7.92 Å². The molecule has 120 valence electrons. The van der Waals surface area contributed by atoms with Crippen molar-refractivity contribution < 1.29 is 0 Å². The van der Waals surface area contributed by atoms with Crippen molar-refractivity contribution in [1.82, 2.24) is 0 Å². The Bertz CT molecular complexity index is 396. The van der Waals surface area contributed by atoms with Crippen LogP contribution in [0, 0.1) is 6.92 Å². The fraction of sp³-hybridized carbons (Fsp3) is 0.700. The molecule has 0 aliphatic rings. The average molecular weight is 306 g/mol. The van der Waals surface area contributed by atoms with E-state index in [-0.39, 0.29) is 7.92 Å². The van der Waals surface area contributed by atoms with Gasteiger partial charge < -0.3 is 0 Å². The first-order chi connectivity index (χ1) is 9.73. The normalized spacial score (nSPS) is 13.0. The molecule has 0 atom stereocenters. The van der Waals surface area contributed by atoms with Crippen LogP contribution in [0.15, 0.2) is 24.3 Å². The molecule has 1 heteroatoms. The molecule has 0 bridgehead atoms. The van der Waals surface area contributed by atoms with Crippen LogP contribution >= 0.6 is 7.92 Å². The van der Waals surface area contributed by atoms with Crippen molar-refractivity contribution in [3.63, 3.8) is 0 Å². The molecule has 0 spiro atoms. The molecule has 0 radical (unpaired) electrons. The molecule has 1 rings (SSSR count). The lowest BCUT2D eigenvalue weighted by molar-refractivity contribution is 0.556. The lowest BCUT2D eigenvalue weighted by Crippen LogP contribution is -2.30. The molecule has 0 amide bonds. The number of aryl methyl sites for hydroxylation is 1. The Kier molecular flexibility index (Phi) is 6.92. The first-order valence-corrected chi connectivity index (χ1v) is 10.1. The molecule has 0 aliphatic carbocycles. The second-order valence-corrected chi connectivity index (χ2v) is 11.3. The Labute approximate surface area is 134 Å².